The third-order valence-corrected chi connectivity index (χ3v) is 3.43. The Labute approximate surface area is 109 Å². The first-order chi connectivity index (χ1) is 8.85. The second-order valence-corrected chi connectivity index (χ2v) is 4.83. The Bertz CT molecular complexity index is 528. The number of fused-ring (bicyclic) bond motifs is 1. The third-order valence-electron chi connectivity index (χ3n) is 3.43. The van der Waals surface area contributed by atoms with Gasteiger partial charge in [-0.15, -0.1) is 0 Å². The van der Waals surface area contributed by atoms with Crippen LogP contribution in [0.5, 0.6) is 0 Å². The monoisotopic (exact) mass is 240 g/mol. The Morgan fingerprint density at radius 2 is 1.94 bits per heavy atom. The molecular formula is C17H20O. The van der Waals surface area contributed by atoms with E-state index in [9.17, 15) is 4.79 Å². The highest BCUT2D eigenvalue weighted by molar-refractivity contribution is 5.91. The number of carbonyl (C=O) groups is 1. The zero-order chi connectivity index (χ0) is 12.8. The second-order valence-electron chi connectivity index (χ2n) is 4.83. The van der Waals surface area contributed by atoms with Crippen LogP contribution in [0.1, 0.15) is 48.5 Å². The standard InChI is InChI=1S/C17H20O/c1-2-3-4-5-7-15-8-6-9-16-11-10-14(13-18)12-17(15)16/h6,8-13H,2-5,7H2,1H3. The van der Waals surface area contributed by atoms with Gasteiger partial charge in [0.15, 0.2) is 0 Å². The summed E-state index contributed by atoms with van der Waals surface area (Å²) in [6, 6.07) is 12.3. The molecule has 1 nitrogen and oxygen atoms in total. The van der Waals surface area contributed by atoms with Crippen molar-refractivity contribution in [1.82, 2.24) is 0 Å². The molecule has 0 aliphatic heterocycles. The predicted octanol–water partition coefficient (Wildman–Crippen LogP) is 4.78. The van der Waals surface area contributed by atoms with Crippen LogP contribution in [0.2, 0.25) is 0 Å². The second kappa shape index (κ2) is 6.34. The molecule has 0 aliphatic carbocycles. The minimum Gasteiger partial charge on any atom is -0.298 e. The summed E-state index contributed by atoms with van der Waals surface area (Å²) in [7, 11) is 0. The molecule has 0 unspecified atom stereocenters. The van der Waals surface area contributed by atoms with Gasteiger partial charge in [0, 0.05) is 5.56 Å². The Morgan fingerprint density at radius 3 is 2.72 bits per heavy atom. The van der Waals surface area contributed by atoms with Gasteiger partial charge in [-0.2, -0.15) is 0 Å². The Morgan fingerprint density at radius 1 is 1.06 bits per heavy atom. The zero-order valence-electron chi connectivity index (χ0n) is 11.0. The molecule has 0 aliphatic rings. The number of benzene rings is 2. The van der Waals surface area contributed by atoms with Gasteiger partial charge in [-0.25, -0.2) is 0 Å². The van der Waals surface area contributed by atoms with Crippen molar-refractivity contribution in [3.63, 3.8) is 0 Å². The van der Waals surface area contributed by atoms with Crippen molar-refractivity contribution >= 4 is 17.1 Å². The summed E-state index contributed by atoms with van der Waals surface area (Å²) in [5.41, 5.74) is 2.14. The molecule has 0 heterocycles. The van der Waals surface area contributed by atoms with Crippen molar-refractivity contribution in [1.29, 1.82) is 0 Å². The highest BCUT2D eigenvalue weighted by Crippen LogP contribution is 2.22. The molecule has 0 saturated carbocycles. The van der Waals surface area contributed by atoms with Crippen LogP contribution < -0.4 is 0 Å². The average Bonchev–Trinajstić information content (AvgIpc) is 2.43. The number of unbranched alkanes of at least 4 members (excludes halogenated alkanes) is 3. The first-order valence-electron chi connectivity index (χ1n) is 6.82. The van der Waals surface area contributed by atoms with E-state index in [1.165, 1.54) is 42.0 Å². The molecule has 18 heavy (non-hydrogen) atoms. The molecule has 0 spiro atoms. The van der Waals surface area contributed by atoms with Crippen LogP contribution in [0.15, 0.2) is 36.4 Å². The zero-order valence-corrected chi connectivity index (χ0v) is 11.0. The van der Waals surface area contributed by atoms with Gasteiger partial charge in [0.2, 0.25) is 0 Å². The molecule has 0 saturated heterocycles. The molecule has 2 rings (SSSR count). The lowest BCUT2D eigenvalue weighted by atomic mass is 9.98. The number of hydrogen-bond donors (Lipinski definition) is 0. The number of aryl methyl sites for hydroxylation is 1. The first kappa shape index (κ1) is 12.8. The summed E-state index contributed by atoms with van der Waals surface area (Å²) in [6.07, 6.45) is 7.14. The van der Waals surface area contributed by atoms with Gasteiger partial charge in [0.05, 0.1) is 0 Å². The fraction of sp³-hybridized carbons (Fsp3) is 0.353. The van der Waals surface area contributed by atoms with Crippen molar-refractivity contribution in [3.8, 4) is 0 Å². The average molecular weight is 240 g/mol. The Hall–Kier alpha value is -1.63. The minimum atomic E-state index is 0.767. The Kier molecular flexibility index (Phi) is 4.52. The van der Waals surface area contributed by atoms with E-state index in [0.29, 0.717) is 0 Å². The molecule has 0 atom stereocenters. The largest absolute Gasteiger partial charge is 0.298 e. The van der Waals surface area contributed by atoms with Crippen molar-refractivity contribution in [3.05, 3.63) is 47.5 Å². The van der Waals surface area contributed by atoms with E-state index in [1.54, 1.807) is 0 Å². The van der Waals surface area contributed by atoms with Crippen LogP contribution in [0.3, 0.4) is 0 Å². The molecule has 94 valence electrons. The van der Waals surface area contributed by atoms with Crippen LogP contribution in [0.4, 0.5) is 0 Å². The van der Waals surface area contributed by atoms with Gasteiger partial charge >= 0.3 is 0 Å². The summed E-state index contributed by atoms with van der Waals surface area (Å²) in [5.74, 6) is 0. The van der Waals surface area contributed by atoms with Crippen LogP contribution in [0.25, 0.3) is 10.8 Å². The van der Waals surface area contributed by atoms with Crippen LogP contribution in [0, 0.1) is 0 Å². The highest BCUT2D eigenvalue weighted by Gasteiger charge is 2.02. The molecule has 0 radical (unpaired) electrons. The maximum Gasteiger partial charge on any atom is 0.150 e. The summed E-state index contributed by atoms with van der Waals surface area (Å²) in [4.78, 5) is 10.9. The van der Waals surface area contributed by atoms with E-state index in [-0.39, 0.29) is 0 Å². The minimum absolute atomic E-state index is 0.767. The molecule has 0 fully saturated rings. The van der Waals surface area contributed by atoms with E-state index >= 15 is 0 Å². The molecule has 2 aromatic carbocycles. The van der Waals surface area contributed by atoms with Crippen molar-refractivity contribution in [2.24, 2.45) is 0 Å². The smallest absolute Gasteiger partial charge is 0.150 e. The lowest BCUT2D eigenvalue weighted by Gasteiger charge is -2.07. The number of carbonyl (C=O) groups excluding carboxylic acids is 1. The van der Waals surface area contributed by atoms with Gasteiger partial charge in [-0.3, -0.25) is 4.79 Å². The summed E-state index contributed by atoms with van der Waals surface area (Å²) >= 11 is 0. The topological polar surface area (TPSA) is 17.1 Å². The molecule has 2 aromatic rings. The number of rotatable bonds is 6. The van der Waals surface area contributed by atoms with Crippen LogP contribution in [-0.2, 0) is 6.42 Å². The fourth-order valence-electron chi connectivity index (χ4n) is 2.39. The van der Waals surface area contributed by atoms with Crippen molar-refractivity contribution < 1.29 is 4.79 Å². The number of hydrogen-bond acceptors (Lipinski definition) is 1. The fourth-order valence-corrected chi connectivity index (χ4v) is 2.39. The molecule has 0 amide bonds. The lowest BCUT2D eigenvalue weighted by Crippen LogP contribution is -1.89. The van der Waals surface area contributed by atoms with Gasteiger partial charge in [-0.05, 0) is 35.2 Å². The predicted molar refractivity (Wildman–Crippen MR) is 77.2 cm³/mol. The van der Waals surface area contributed by atoms with Gasteiger partial charge in [-0.1, -0.05) is 56.5 Å². The SMILES string of the molecule is CCCCCCc1cccc2ccc(C=O)cc12. The van der Waals surface area contributed by atoms with Crippen molar-refractivity contribution in [2.45, 2.75) is 39.0 Å². The highest BCUT2D eigenvalue weighted by atomic mass is 16.1. The molecule has 0 bridgehead atoms. The van der Waals surface area contributed by atoms with E-state index in [0.717, 1.165) is 18.3 Å². The van der Waals surface area contributed by atoms with Crippen molar-refractivity contribution in [2.75, 3.05) is 0 Å². The summed E-state index contributed by atoms with van der Waals surface area (Å²) in [5, 5.41) is 2.46. The van der Waals surface area contributed by atoms with E-state index in [1.807, 2.05) is 18.2 Å². The normalized spacial score (nSPS) is 10.7. The van der Waals surface area contributed by atoms with E-state index in [2.05, 4.69) is 25.1 Å². The summed E-state index contributed by atoms with van der Waals surface area (Å²) < 4.78 is 0. The van der Waals surface area contributed by atoms with Crippen LogP contribution >= 0.6 is 0 Å². The molecule has 1 heteroatoms. The van der Waals surface area contributed by atoms with Gasteiger partial charge in [0.25, 0.3) is 0 Å². The molecule has 0 aromatic heterocycles. The quantitative estimate of drug-likeness (QED) is 0.525. The molecule has 0 N–H and O–H groups in total. The maximum absolute atomic E-state index is 10.9. The Balaban J connectivity index is 2.23. The lowest BCUT2D eigenvalue weighted by molar-refractivity contribution is 0.112. The summed E-state index contributed by atoms with van der Waals surface area (Å²) in [6.45, 7) is 2.23. The van der Waals surface area contributed by atoms with E-state index < -0.39 is 0 Å². The third kappa shape index (κ3) is 2.98. The number of aldehydes is 1. The maximum atomic E-state index is 10.9. The first-order valence-corrected chi connectivity index (χ1v) is 6.82. The van der Waals surface area contributed by atoms with Gasteiger partial charge < -0.3 is 0 Å². The van der Waals surface area contributed by atoms with E-state index in [4.69, 9.17) is 0 Å². The van der Waals surface area contributed by atoms with Crippen LogP contribution in [-0.4, -0.2) is 6.29 Å². The van der Waals surface area contributed by atoms with Gasteiger partial charge in [0.1, 0.15) is 6.29 Å². The molecular weight excluding hydrogens is 220 g/mol.